The summed E-state index contributed by atoms with van der Waals surface area (Å²) < 4.78 is 72.8. The van der Waals surface area contributed by atoms with Crippen molar-refractivity contribution in [1.29, 1.82) is 0 Å². The van der Waals surface area contributed by atoms with E-state index in [0.717, 1.165) is 12.1 Å². The molecule has 0 radical (unpaired) electrons. The van der Waals surface area contributed by atoms with Gasteiger partial charge in [-0.1, -0.05) is 11.6 Å². The number of alkyl carbamates (subject to hydrolysis) is 1. The summed E-state index contributed by atoms with van der Waals surface area (Å²) in [7, 11) is 0. The molecule has 13 heteroatoms. The van der Waals surface area contributed by atoms with Gasteiger partial charge in [-0.25, -0.2) is 13.6 Å². The Kier molecular flexibility index (Phi) is 6.22. The Morgan fingerprint density at radius 2 is 1.79 bits per heavy atom. The lowest BCUT2D eigenvalue weighted by atomic mass is 9.93. The third-order valence-corrected chi connectivity index (χ3v) is 6.41. The first kappa shape index (κ1) is 25.5. The summed E-state index contributed by atoms with van der Waals surface area (Å²) in [5.74, 6) is -3.67. The molecule has 0 spiro atoms. The molecule has 196 valence electrons. The molecule has 2 heterocycles. The van der Waals surface area contributed by atoms with Crippen LogP contribution in [-0.2, 0) is 10.9 Å². The number of rotatable bonds is 4. The lowest BCUT2D eigenvalue weighted by molar-refractivity contribution is -0.137. The maximum atomic E-state index is 14.1. The molecule has 0 aliphatic carbocycles. The van der Waals surface area contributed by atoms with Gasteiger partial charge in [0.15, 0.2) is 0 Å². The number of amides is 3. The van der Waals surface area contributed by atoms with E-state index in [1.165, 1.54) is 18.2 Å². The standard InChI is InChI=1S/C25H15ClF5N3O4/c26-17-2-1-13(27)8-15(17)21-20-16(23(36)34-21)5-10(19-9-32-24(37)38-19)6-18(20)33-22(35)11-3-12(25(29,30)31)7-14(28)4-11/h1-8,19,21H,9H2,(H,32,37)(H,33,35)(H,34,36)/t19-,21+/m0/s1. The third-order valence-electron chi connectivity index (χ3n) is 6.07. The van der Waals surface area contributed by atoms with E-state index < -0.39 is 59.0 Å². The van der Waals surface area contributed by atoms with E-state index in [4.69, 9.17) is 16.3 Å². The van der Waals surface area contributed by atoms with Crippen LogP contribution in [0.2, 0.25) is 5.02 Å². The maximum absolute atomic E-state index is 14.1. The highest BCUT2D eigenvalue weighted by atomic mass is 35.5. The predicted molar refractivity (Wildman–Crippen MR) is 124 cm³/mol. The second-order valence-electron chi connectivity index (χ2n) is 8.56. The maximum Gasteiger partial charge on any atom is 0.416 e. The lowest BCUT2D eigenvalue weighted by Crippen LogP contribution is -2.21. The van der Waals surface area contributed by atoms with Crippen LogP contribution < -0.4 is 16.0 Å². The summed E-state index contributed by atoms with van der Waals surface area (Å²) in [5.41, 5.74) is -1.46. The van der Waals surface area contributed by atoms with Crippen molar-refractivity contribution in [2.45, 2.75) is 18.3 Å². The Morgan fingerprint density at radius 1 is 1.03 bits per heavy atom. The zero-order valence-electron chi connectivity index (χ0n) is 18.9. The Hall–Kier alpha value is -4.19. The Balaban J connectivity index is 1.62. The number of halogens is 6. The molecule has 0 saturated carbocycles. The van der Waals surface area contributed by atoms with Crippen molar-refractivity contribution in [3.8, 4) is 0 Å². The van der Waals surface area contributed by atoms with E-state index in [1.807, 2.05) is 0 Å². The van der Waals surface area contributed by atoms with Crippen molar-refractivity contribution in [3.63, 3.8) is 0 Å². The number of fused-ring (bicyclic) bond motifs is 1. The fourth-order valence-electron chi connectivity index (χ4n) is 4.37. The van der Waals surface area contributed by atoms with Crippen LogP contribution in [0, 0.1) is 11.6 Å². The predicted octanol–water partition coefficient (Wildman–Crippen LogP) is 5.50. The molecule has 7 nitrogen and oxygen atoms in total. The number of hydrogen-bond donors (Lipinski definition) is 3. The van der Waals surface area contributed by atoms with Gasteiger partial charge < -0.3 is 20.7 Å². The molecule has 2 aliphatic heterocycles. The van der Waals surface area contributed by atoms with Gasteiger partial charge in [0.25, 0.3) is 11.8 Å². The molecule has 2 atom stereocenters. The minimum absolute atomic E-state index is 0.0290. The Morgan fingerprint density at radius 3 is 2.47 bits per heavy atom. The number of benzene rings is 3. The van der Waals surface area contributed by atoms with Crippen LogP contribution in [0.15, 0.2) is 48.5 Å². The molecule has 0 aromatic heterocycles. The molecular weight excluding hydrogens is 537 g/mol. The van der Waals surface area contributed by atoms with E-state index in [0.29, 0.717) is 12.1 Å². The highest BCUT2D eigenvalue weighted by Gasteiger charge is 2.37. The average Bonchev–Trinajstić information content (AvgIpc) is 3.43. The van der Waals surface area contributed by atoms with Crippen LogP contribution in [-0.4, -0.2) is 24.5 Å². The number of hydrogen-bond acceptors (Lipinski definition) is 4. The van der Waals surface area contributed by atoms with E-state index in [-0.39, 0.29) is 45.6 Å². The molecule has 3 amide bonds. The first-order chi connectivity index (χ1) is 17.9. The van der Waals surface area contributed by atoms with Crippen LogP contribution in [0.3, 0.4) is 0 Å². The summed E-state index contributed by atoms with van der Waals surface area (Å²) in [5, 5.41) is 7.63. The largest absolute Gasteiger partial charge is 0.439 e. The van der Waals surface area contributed by atoms with Gasteiger partial charge in [-0.2, -0.15) is 13.2 Å². The molecule has 5 rings (SSSR count). The smallest absolute Gasteiger partial charge is 0.416 e. The molecule has 0 unspecified atom stereocenters. The summed E-state index contributed by atoms with van der Waals surface area (Å²) in [6.07, 6.45) is -6.47. The van der Waals surface area contributed by atoms with E-state index >= 15 is 0 Å². The first-order valence-corrected chi connectivity index (χ1v) is 11.4. The van der Waals surface area contributed by atoms with Crippen molar-refractivity contribution in [2.24, 2.45) is 0 Å². The van der Waals surface area contributed by atoms with Crippen LogP contribution in [0.4, 0.5) is 32.4 Å². The number of carbonyl (C=O) groups is 3. The molecule has 3 aromatic rings. The topological polar surface area (TPSA) is 96.5 Å². The van der Waals surface area contributed by atoms with Crippen LogP contribution in [0.5, 0.6) is 0 Å². The highest BCUT2D eigenvalue weighted by molar-refractivity contribution is 6.31. The normalized spacial score (nSPS) is 18.5. The van der Waals surface area contributed by atoms with Gasteiger partial charge in [0, 0.05) is 33.0 Å². The van der Waals surface area contributed by atoms with Crippen LogP contribution in [0.1, 0.15) is 55.1 Å². The Bertz CT molecular complexity index is 1510. The SMILES string of the molecule is O=C1NC[C@@H](c2cc(NC(=O)c3cc(F)cc(C(F)(F)F)c3)c3c(c2)C(=O)N[C@@H]3c2cc(F)ccc2Cl)O1. The fraction of sp³-hybridized carbons (Fsp3) is 0.160. The molecule has 2 aliphatic rings. The number of alkyl halides is 3. The molecular formula is C25H15ClF5N3O4. The van der Waals surface area contributed by atoms with Crippen molar-refractivity contribution < 1.29 is 41.1 Å². The number of cyclic esters (lactones) is 1. The first-order valence-electron chi connectivity index (χ1n) is 11.0. The average molecular weight is 552 g/mol. The van der Waals surface area contributed by atoms with E-state index in [9.17, 15) is 36.3 Å². The van der Waals surface area contributed by atoms with Gasteiger partial charge >= 0.3 is 12.3 Å². The van der Waals surface area contributed by atoms with Crippen molar-refractivity contribution in [2.75, 3.05) is 11.9 Å². The lowest BCUT2D eigenvalue weighted by Gasteiger charge is -2.20. The minimum Gasteiger partial charge on any atom is -0.439 e. The molecule has 1 saturated heterocycles. The van der Waals surface area contributed by atoms with Gasteiger partial charge in [0.05, 0.1) is 18.2 Å². The minimum atomic E-state index is -4.91. The summed E-state index contributed by atoms with van der Waals surface area (Å²) in [6, 6.07) is 6.57. The Labute approximate surface area is 215 Å². The van der Waals surface area contributed by atoms with Crippen molar-refractivity contribution in [1.82, 2.24) is 10.6 Å². The number of ether oxygens (including phenoxy) is 1. The number of anilines is 1. The zero-order valence-corrected chi connectivity index (χ0v) is 19.6. The van der Waals surface area contributed by atoms with Crippen molar-refractivity contribution >= 4 is 35.2 Å². The third kappa shape index (κ3) is 4.74. The summed E-state index contributed by atoms with van der Waals surface area (Å²) >= 11 is 6.25. The molecule has 0 bridgehead atoms. The fourth-order valence-corrected chi connectivity index (χ4v) is 4.59. The molecule has 3 aromatic carbocycles. The van der Waals surface area contributed by atoms with Crippen LogP contribution >= 0.6 is 11.6 Å². The quantitative estimate of drug-likeness (QED) is 0.373. The van der Waals surface area contributed by atoms with E-state index in [2.05, 4.69) is 16.0 Å². The molecule has 1 fully saturated rings. The number of nitrogens with one attached hydrogen (secondary N) is 3. The second-order valence-corrected chi connectivity index (χ2v) is 8.96. The van der Waals surface area contributed by atoms with Gasteiger partial charge in [0.2, 0.25) is 0 Å². The van der Waals surface area contributed by atoms with Crippen molar-refractivity contribution in [3.05, 3.63) is 98.6 Å². The van der Waals surface area contributed by atoms with E-state index in [1.54, 1.807) is 0 Å². The monoisotopic (exact) mass is 551 g/mol. The highest BCUT2D eigenvalue weighted by Crippen LogP contribution is 2.41. The van der Waals surface area contributed by atoms with Crippen LogP contribution in [0.25, 0.3) is 0 Å². The second kappa shape index (κ2) is 9.28. The van der Waals surface area contributed by atoms with Gasteiger partial charge in [0.1, 0.15) is 17.7 Å². The summed E-state index contributed by atoms with van der Waals surface area (Å²) in [4.78, 5) is 37.5. The molecule has 3 N–H and O–H groups in total. The van der Waals surface area contributed by atoms with Gasteiger partial charge in [-0.15, -0.1) is 0 Å². The summed E-state index contributed by atoms with van der Waals surface area (Å²) in [6.45, 7) is 0.0462. The number of carbonyl (C=O) groups excluding carboxylic acids is 3. The molecule has 38 heavy (non-hydrogen) atoms. The van der Waals surface area contributed by atoms with Gasteiger partial charge in [-0.05, 0) is 54.1 Å². The van der Waals surface area contributed by atoms with Gasteiger partial charge in [-0.3, -0.25) is 9.59 Å². The zero-order chi connectivity index (χ0) is 27.4.